The third-order valence-corrected chi connectivity index (χ3v) is 6.04. The molecule has 0 amide bonds. The van der Waals surface area contributed by atoms with Crippen LogP contribution in [0.5, 0.6) is 0 Å². The lowest BCUT2D eigenvalue weighted by molar-refractivity contribution is 0.538. The lowest BCUT2D eigenvalue weighted by atomic mass is 10.1. The van der Waals surface area contributed by atoms with Gasteiger partial charge in [-0.15, -0.1) is 5.10 Å². The Labute approximate surface area is 197 Å². The first-order valence-corrected chi connectivity index (χ1v) is 12.4. The van der Waals surface area contributed by atoms with E-state index in [1.165, 1.54) is 37.7 Å². The van der Waals surface area contributed by atoms with Gasteiger partial charge in [0.05, 0.1) is 17.1 Å². The number of imidazole rings is 1. The Morgan fingerprint density at radius 2 is 1.45 bits per heavy atom. The molecule has 0 aliphatic heterocycles. The smallest absolute Gasteiger partial charge is 0.107 e. The molecule has 0 saturated carbocycles. The molecule has 5 nitrogen and oxygen atoms in total. The minimum absolute atomic E-state index is 0.903. The first kappa shape index (κ1) is 23.0. The van der Waals surface area contributed by atoms with E-state index in [4.69, 9.17) is 4.98 Å². The Kier molecular flexibility index (Phi) is 8.45. The second-order valence-electron chi connectivity index (χ2n) is 8.73. The summed E-state index contributed by atoms with van der Waals surface area (Å²) >= 11 is 0. The van der Waals surface area contributed by atoms with Gasteiger partial charge in [0.2, 0.25) is 0 Å². The molecule has 0 fully saturated rings. The quantitative estimate of drug-likeness (QED) is 0.230. The molecule has 1 N–H and O–H groups in total. The summed E-state index contributed by atoms with van der Waals surface area (Å²) in [4.78, 5) is 8.56. The minimum Gasteiger partial charge on any atom is -0.341 e. The number of aromatic nitrogens is 5. The van der Waals surface area contributed by atoms with E-state index in [0.29, 0.717) is 0 Å². The lowest BCUT2D eigenvalue weighted by Gasteiger charge is -2.02. The predicted molar refractivity (Wildman–Crippen MR) is 135 cm³/mol. The van der Waals surface area contributed by atoms with Gasteiger partial charge in [-0.25, -0.2) is 4.98 Å². The van der Waals surface area contributed by atoms with Crippen LogP contribution in [0.4, 0.5) is 0 Å². The van der Waals surface area contributed by atoms with Gasteiger partial charge >= 0.3 is 0 Å². The summed E-state index contributed by atoms with van der Waals surface area (Å²) in [7, 11) is 0. The van der Waals surface area contributed by atoms with Gasteiger partial charge in [0.1, 0.15) is 5.82 Å². The highest BCUT2D eigenvalue weighted by molar-refractivity contribution is 5.78. The Morgan fingerprint density at radius 3 is 2.21 bits per heavy atom. The van der Waals surface area contributed by atoms with Crippen LogP contribution >= 0.6 is 0 Å². The van der Waals surface area contributed by atoms with Crippen molar-refractivity contribution in [2.75, 3.05) is 0 Å². The normalized spacial score (nSPS) is 11.2. The predicted octanol–water partition coefficient (Wildman–Crippen LogP) is 6.87. The van der Waals surface area contributed by atoms with Gasteiger partial charge in [-0.05, 0) is 25.7 Å². The van der Waals surface area contributed by atoms with Crippen molar-refractivity contribution in [2.45, 2.75) is 71.3 Å². The van der Waals surface area contributed by atoms with Crippen molar-refractivity contribution in [3.05, 3.63) is 78.4 Å². The van der Waals surface area contributed by atoms with Gasteiger partial charge in [0.25, 0.3) is 0 Å². The van der Waals surface area contributed by atoms with Crippen LogP contribution < -0.4 is 0 Å². The fraction of sp³-hybridized carbons (Fsp3) is 0.393. The van der Waals surface area contributed by atoms with E-state index < -0.39 is 0 Å². The van der Waals surface area contributed by atoms with Crippen molar-refractivity contribution in [1.29, 1.82) is 0 Å². The van der Waals surface area contributed by atoms with E-state index in [2.05, 4.69) is 76.9 Å². The van der Waals surface area contributed by atoms with Crippen molar-refractivity contribution in [3.63, 3.8) is 0 Å². The molecule has 0 saturated heterocycles. The lowest BCUT2D eigenvalue weighted by Crippen LogP contribution is -2.00. The fourth-order valence-electron chi connectivity index (χ4n) is 4.20. The van der Waals surface area contributed by atoms with Gasteiger partial charge in [-0.3, -0.25) is 4.68 Å². The van der Waals surface area contributed by atoms with E-state index >= 15 is 0 Å². The van der Waals surface area contributed by atoms with E-state index in [1.54, 1.807) is 0 Å². The Balaban J connectivity index is 1.31. The maximum atomic E-state index is 4.97. The number of H-pyrrole nitrogens is 1. The third-order valence-electron chi connectivity index (χ3n) is 6.04. The molecule has 2 heterocycles. The van der Waals surface area contributed by atoms with Crippen LogP contribution in [-0.4, -0.2) is 25.0 Å². The monoisotopic (exact) mass is 441 g/mol. The second-order valence-corrected chi connectivity index (χ2v) is 8.73. The Hall–Kier alpha value is -3.21. The molecule has 2 aromatic carbocycles. The van der Waals surface area contributed by atoms with E-state index in [0.717, 1.165) is 60.7 Å². The maximum Gasteiger partial charge on any atom is 0.107 e. The molecule has 2 aromatic heterocycles. The SMILES string of the molecule is CCCCCCCc1cn(CCCCc2nc(-c3ccccc3)c(-c3ccccc3)[nH]2)nn1. The molecule has 0 radical (unpaired) electrons. The van der Waals surface area contributed by atoms with E-state index in [-0.39, 0.29) is 0 Å². The standard InChI is InChI=1S/C28H35N5/c1-2-3-4-5-12-19-25-22-33(32-31-25)21-14-13-20-26-29-27(23-15-8-6-9-16-23)28(30-26)24-17-10-7-11-18-24/h6-11,15-18,22H,2-5,12-14,19-21H2,1H3,(H,29,30). The molecule has 4 rings (SSSR count). The third kappa shape index (κ3) is 6.64. The number of unbranched alkanes of at least 4 members (excludes halogenated alkanes) is 5. The zero-order valence-electron chi connectivity index (χ0n) is 19.7. The number of aromatic amines is 1. The van der Waals surface area contributed by atoms with Gasteiger partial charge in [-0.2, -0.15) is 0 Å². The number of nitrogens with one attached hydrogen (secondary N) is 1. The number of benzene rings is 2. The summed E-state index contributed by atoms with van der Waals surface area (Å²) in [5, 5.41) is 8.66. The average Bonchev–Trinajstić information content (AvgIpc) is 3.50. The molecule has 172 valence electrons. The zero-order chi connectivity index (χ0) is 22.7. The molecule has 0 bridgehead atoms. The van der Waals surface area contributed by atoms with Crippen LogP contribution in [0.1, 0.15) is 63.4 Å². The summed E-state index contributed by atoms with van der Waals surface area (Å²) in [5.41, 5.74) is 5.55. The summed E-state index contributed by atoms with van der Waals surface area (Å²) in [6.07, 6.45) is 12.7. The van der Waals surface area contributed by atoms with Crippen LogP contribution in [0.3, 0.4) is 0 Å². The molecule has 0 spiro atoms. The molecule has 4 aromatic rings. The number of nitrogens with zero attached hydrogens (tertiary/aromatic N) is 4. The van der Waals surface area contributed by atoms with Crippen LogP contribution in [0.25, 0.3) is 22.5 Å². The van der Waals surface area contributed by atoms with Gasteiger partial charge < -0.3 is 4.98 Å². The molecular formula is C28H35N5. The molecule has 0 unspecified atom stereocenters. The first-order valence-electron chi connectivity index (χ1n) is 12.4. The maximum absolute atomic E-state index is 4.97. The van der Waals surface area contributed by atoms with Crippen molar-refractivity contribution < 1.29 is 0 Å². The topological polar surface area (TPSA) is 59.4 Å². The summed E-state index contributed by atoms with van der Waals surface area (Å²) < 4.78 is 1.99. The van der Waals surface area contributed by atoms with Crippen LogP contribution in [-0.2, 0) is 19.4 Å². The zero-order valence-corrected chi connectivity index (χ0v) is 19.7. The Morgan fingerprint density at radius 1 is 0.758 bits per heavy atom. The van der Waals surface area contributed by atoms with Crippen LogP contribution in [0, 0.1) is 0 Å². The van der Waals surface area contributed by atoms with Crippen molar-refractivity contribution in [1.82, 2.24) is 25.0 Å². The summed E-state index contributed by atoms with van der Waals surface area (Å²) in [6, 6.07) is 20.9. The molecule has 0 aliphatic carbocycles. The van der Waals surface area contributed by atoms with Crippen molar-refractivity contribution >= 4 is 0 Å². The molecule has 0 atom stereocenters. The second kappa shape index (κ2) is 12.1. The number of aryl methyl sites for hydroxylation is 3. The summed E-state index contributed by atoms with van der Waals surface area (Å²) in [5.74, 6) is 1.04. The van der Waals surface area contributed by atoms with Crippen LogP contribution in [0.2, 0.25) is 0 Å². The highest BCUT2D eigenvalue weighted by Crippen LogP contribution is 2.30. The van der Waals surface area contributed by atoms with Crippen molar-refractivity contribution in [3.8, 4) is 22.5 Å². The number of rotatable bonds is 13. The van der Waals surface area contributed by atoms with Gasteiger partial charge in [0.15, 0.2) is 0 Å². The molecule has 5 heteroatoms. The highest BCUT2D eigenvalue weighted by atomic mass is 15.4. The van der Waals surface area contributed by atoms with Gasteiger partial charge in [0, 0.05) is 30.3 Å². The first-order chi connectivity index (χ1) is 16.3. The summed E-state index contributed by atoms with van der Waals surface area (Å²) in [6.45, 7) is 3.16. The fourth-order valence-corrected chi connectivity index (χ4v) is 4.20. The number of hydrogen-bond acceptors (Lipinski definition) is 3. The average molecular weight is 442 g/mol. The largest absolute Gasteiger partial charge is 0.341 e. The number of hydrogen-bond donors (Lipinski definition) is 1. The molecular weight excluding hydrogens is 406 g/mol. The van der Waals surface area contributed by atoms with E-state index in [1.807, 2.05) is 16.8 Å². The van der Waals surface area contributed by atoms with E-state index in [9.17, 15) is 0 Å². The molecule has 33 heavy (non-hydrogen) atoms. The highest BCUT2D eigenvalue weighted by Gasteiger charge is 2.13. The minimum atomic E-state index is 0.903. The van der Waals surface area contributed by atoms with Crippen molar-refractivity contribution in [2.24, 2.45) is 0 Å². The van der Waals surface area contributed by atoms with Gasteiger partial charge in [-0.1, -0.05) is 98.5 Å². The Bertz CT molecular complexity index is 1020. The van der Waals surface area contributed by atoms with Crippen LogP contribution in [0.15, 0.2) is 66.9 Å². The molecule has 0 aliphatic rings.